The molecule has 4 rings (SSSR count). The summed E-state index contributed by atoms with van der Waals surface area (Å²) in [5.74, 6) is 0.0228. The monoisotopic (exact) mass is 486 g/mol. The molecular formula is C24H23ClN2O7. The lowest BCUT2D eigenvalue weighted by atomic mass is 9.95. The first-order valence-electron chi connectivity index (χ1n) is 10.7. The molecule has 34 heavy (non-hydrogen) atoms. The topological polar surface area (TPSA) is 112 Å². The molecule has 0 aromatic heterocycles. The quantitative estimate of drug-likeness (QED) is 0.578. The summed E-state index contributed by atoms with van der Waals surface area (Å²) < 4.78 is 21.6. The number of amides is 2. The summed E-state index contributed by atoms with van der Waals surface area (Å²) >= 11 is 5.97. The highest BCUT2D eigenvalue weighted by molar-refractivity contribution is 6.30. The average Bonchev–Trinajstić information content (AvgIpc) is 2.83. The molecule has 0 aliphatic carbocycles. The minimum Gasteiger partial charge on any atom is -0.486 e. The average molecular weight is 487 g/mol. The van der Waals surface area contributed by atoms with Crippen molar-refractivity contribution in [3.8, 4) is 11.5 Å². The third kappa shape index (κ3) is 5.43. The number of benzene rings is 2. The number of rotatable bonds is 7. The molecule has 2 aliphatic rings. The molecule has 0 radical (unpaired) electrons. The molecule has 10 heteroatoms. The van der Waals surface area contributed by atoms with Crippen molar-refractivity contribution in [3.63, 3.8) is 0 Å². The zero-order chi connectivity index (χ0) is 24.1. The Hall–Kier alpha value is -3.72. The van der Waals surface area contributed by atoms with Crippen LogP contribution in [0, 0.1) is 0 Å². The summed E-state index contributed by atoms with van der Waals surface area (Å²) in [6.07, 6.45) is -0.0224. The van der Waals surface area contributed by atoms with Crippen molar-refractivity contribution in [2.45, 2.75) is 19.4 Å². The highest BCUT2D eigenvalue weighted by Gasteiger charge is 2.34. The van der Waals surface area contributed by atoms with Gasteiger partial charge in [0.25, 0.3) is 0 Å². The van der Waals surface area contributed by atoms with Crippen LogP contribution in [0.2, 0.25) is 5.02 Å². The minimum atomic E-state index is -0.795. The summed E-state index contributed by atoms with van der Waals surface area (Å²) in [6, 6.07) is 10.6. The minimum absolute atomic E-state index is 0.0224. The van der Waals surface area contributed by atoms with E-state index >= 15 is 0 Å². The predicted molar refractivity (Wildman–Crippen MR) is 122 cm³/mol. The molecule has 178 valence electrons. The Kier molecular flexibility index (Phi) is 7.22. The summed E-state index contributed by atoms with van der Waals surface area (Å²) in [7, 11) is 0. The third-order valence-corrected chi connectivity index (χ3v) is 5.44. The van der Waals surface area contributed by atoms with Crippen molar-refractivity contribution in [3.05, 3.63) is 69.9 Å². The van der Waals surface area contributed by atoms with Gasteiger partial charge in [0.05, 0.1) is 30.3 Å². The van der Waals surface area contributed by atoms with E-state index in [2.05, 4.69) is 10.6 Å². The van der Waals surface area contributed by atoms with Gasteiger partial charge in [-0.05, 0) is 42.3 Å². The molecular weight excluding hydrogens is 464 g/mol. The fourth-order valence-corrected chi connectivity index (χ4v) is 3.78. The third-order valence-electron chi connectivity index (χ3n) is 5.18. The second-order valence-corrected chi connectivity index (χ2v) is 7.95. The summed E-state index contributed by atoms with van der Waals surface area (Å²) in [5.41, 5.74) is 1.61. The van der Waals surface area contributed by atoms with Crippen molar-refractivity contribution < 1.29 is 33.3 Å². The van der Waals surface area contributed by atoms with Crippen LogP contribution in [0.5, 0.6) is 11.5 Å². The molecule has 2 amide bonds. The fraction of sp³-hybridized carbons (Fsp3) is 0.292. The Morgan fingerprint density at radius 3 is 2.53 bits per heavy atom. The van der Waals surface area contributed by atoms with E-state index in [0.717, 1.165) is 0 Å². The van der Waals surface area contributed by atoms with Gasteiger partial charge in [-0.1, -0.05) is 29.8 Å². The molecule has 1 atom stereocenters. The lowest BCUT2D eigenvalue weighted by molar-refractivity contribution is -0.143. The number of esters is 2. The van der Waals surface area contributed by atoms with Crippen LogP contribution in [0.4, 0.5) is 4.79 Å². The maximum Gasteiger partial charge on any atom is 0.338 e. The molecule has 0 fully saturated rings. The summed E-state index contributed by atoms with van der Waals surface area (Å²) in [6.45, 7) is 2.42. The van der Waals surface area contributed by atoms with E-state index in [1.165, 1.54) is 0 Å². The van der Waals surface area contributed by atoms with Gasteiger partial charge in [-0.25, -0.2) is 9.59 Å². The Balaban J connectivity index is 1.52. The van der Waals surface area contributed by atoms with E-state index in [9.17, 15) is 14.4 Å². The van der Waals surface area contributed by atoms with E-state index in [0.29, 0.717) is 40.9 Å². The predicted octanol–water partition coefficient (Wildman–Crippen LogP) is 3.07. The van der Waals surface area contributed by atoms with Gasteiger partial charge >= 0.3 is 18.0 Å². The van der Waals surface area contributed by atoms with Crippen molar-refractivity contribution in [2.24, 2.45) is 0 Å². The van der Waals surface area contributed by atoms with Crippen LogP contribution in [0.25, 0.3) is 0 Å². The summed E-state index contributed by atoms with van der Waals surface area (Å²) in [4.78, 5) is 37.6. The van der Waals surface area contributed by atoms with Gasteiger partial charge in [-0.2, -0.15) is 0 Å². The van der Waals surface area contributed by atoms with Crippen LogP contribution in [0.15, 0.2) is 53.7 Å². The molecule has 2 aliphatic heterocycles. The Labute approximate surface area is 201 Å². The number of carbonyl (C=O) groups is 3. The maximum absolute atomic E-state index is 12.8. The van der Waals surface area contributed by atoms with E-state index in [-0.39, 0.29) is 30.9 Å². The number of hydrogen-bond acceptors (Lipinski definition) is 7. The number of urea groups is 1. The Bertz CT molecular complexity index is 1130. The number of nitrogens with one attached hydrogen (secondary N) is 2. The van der Waals surface area contributed by atoms with Crippen LogP contribution in [0.3, 0.4) is 0 Å². The number of halogens is 1. The van der Waals surface area contributed by atoms with Crippen molar-refractivity contribution in [1.29, 1.82) is 0 Å². The largest absolute Gasteiger partial charge is 0.486 e. The maximum atomic E-state index is 12.8. The fourth-order valence-electron chi connectivity index (χ4n) is 3.66. The second kappa shape index (κ2) is 10.5. The highest BCUT2D eigenvalue weighted by Crippen LogP contribution is 2.31. The lowest BCUT2D eigenvalue weighted by Gasteiger charge is -2.29. The van der Waals surface area contributed by atoms with Gasteiger partial charge in [-0.3, -0.25) is 4.79 Å². The van der Waals surface area contributed by atoms with Crippen LogP contribution in [-0.2, 0) is 25.5 Å². The smallest absolute Gasteiger partial charge is 0.338 e. The van der Waals surface area contributed by atoms with Crippen molar-refractivity contribution in [2.75, 3.05) is 26.4 Å². The number of carbonyl (C=O) groups excluding carboxylic acids is 3. The number of ether oxygens (including phenoxy) is 4. The summed E-state index contributed by atoms with van der Waals surface area (Å²) in [5, 5.41) is 5.79. The molecule has 1 unspecified atom stereocenters. The zero-order valence-corrected chi connectivity index (χ0v) is 19.1. The van der Waals surface area contributed by atoms with Gasteiger partial charge < -0.3 is 29.6 Å². The van der Waals surface area contributed by atoms with E-state index in [1.807, 2.05) is 0 Å². The Morgan fingerprint density at radius 2 is 1.79 bits per heavy atom. The van der Waals surface area contributed by atoms with E-state index in [1.54, 1.807) is 49.4 Å². The standard InChI is InChI=1S/C24H23ClN2O7/c1-2-31-23(29)21-17(26-24(30)27-22(21)15-4-6-16(25)7-5-15)13-34-20(28)12-14-3-8-18-19(11-14)33-10-9-32-18/h3-8,11,22H,2,9-10,12-13H2,1H3,(H2,26,27,30). The molecule has 0 bridgehead atoms. The molecule has 2 aromatic carbocycles. The second-order valence-electron chi connectivity index (χ2n) is 7.51. The van der Waals surface area contributed by atoms with Crippen LogP contribution in [-0.4, -0.2) is 44.4 Å². The van der Waals surface area contributed by atoms with E-state index in [4.69, 9.17) is 30.5 Å². The molecule has 0 spiro atoms. The van der Waals surface area contributed by atoms with Crippen molar-refractivity contribution >= 4 is 29.6 Å². The molecule has 2 N–H and O–H groups in total. The molecule has 0 saturated carbocycles. The molecule has 0 saturated heterocycles. The zero-order valence-electron chi connectivity index (χ0n) is 18.4. The lowest BCUT2D eigenvalue weighted by Crippen LogP contribution is -2.47. The van der Waals surface area contributed by atoms with Crippen LogP contribution >= 0.6 is 11.6 Å². The first kappa shape index (κ1) is 23.4. The highest BCUT2D eigenvalue weighted by atomic mass is 35.5. The van der Waals surface area contributed by atoms with Gasteiger partial charge in [0.1, 0.15) is 19.8 Å². The van der Waals surface area contributed by atoms with Gasteiger partial charge in [0.2, 0.25) is 0 Å². The number of fused-ring (bicyclic) bond motifs is 1. The Morgan fingerprint density at radius 1 is 1.06 bits per heavy atom. The first-order chi connectivity index (χ1) is 16.4. The van der Waals surface area contributed by atoms with E-state index < -0.39 is 24.0 Å². The van der Waals surface area contributed by atoms with Gasteiger partial charge in [-0.15, -0.1) is 0 Å². The SMILES string of the molecule is CCOC(=O)C1=C(COC(=O)Cc2ccc3c(c2)OCCO3)NC(=O)NC1c1ccc(Cl)cc1. The van der Waals surface area contributed by atoms with Gasteiger partial charge in [0.15, 0.2) is 11.5 Å². The first-order valence-corrected chi connectivity index (χ1v) is 11.1. The molecule has 2 heterocycles. The molecule has 9 nitrogen and oxygen atoms in total. The normalized spacial score (nSPS) is 16.9. The number of hydrogen-bond donors (Lipinski definition) is 2. The molecule has 2 aromatic rings. The van der Waals surface area contributed by atoms with Crippen LogP contribution in [0.1, 0.15) is 24.1 Å². The van der Waals surface area contributed by atoms with Crippen molar-refractivity contribution in [1.82, 2.24) is 10.6 Å². The van der Waals surface area contributed by atoms with Gasteiger partial charge in [0, 0.05) is 5.02 Å². The van der Waals surface area contributed by atoms with Crippen LogP contribution < -0.4 is 20.1 Å².